The Balaban J connectivity index is 4.32. The number of halogens is 3. The predicted molar refractivity (Wildman–Crippen MR) is 42.1 cm³/mol. The molecule has 0 heterocycles. The van der Waals surface area contributed by atoms with E-state index in [0.29, 0.717) is 6.08 Å². The van der Waals surface area contributed by atoms with Crippen molar-refractivity contribution in [1.29, 1.82) is 0 Å². The van der Waals surface area contributed by atoms with Crippen LogP contribution in [0.1, 0.15) is 0 Å². The van der Waals surface area contributed by atoms with Gasteiger partial charge in [-0.05, 0) is 0 Å². The van der Waals surface area contributed by atoms with Gasteiger partial charge in [0.25, 0.3) is 0 Å². The zero-order valence-electron chi connectivity index (χ0n) is 5.05. The lowest BCUT2D eigenvalue weighted by Gasteiger charge is -1.92. The van der Waals surface area contributed by atoms with E-state index in [1.54, 1.807) is 0 Å². The van der Waals surface area contributed by atoms with Crippen molar-refractivity contribution in [2.75, 3.05) is 0 Å². The van der Waals surface area contributed by atoms with Gasteiger partial charge in [0.15, 0.2) is 10.6 Å². The predicted octanol–water partition coefficient (Wildman–Crippen LogP) is 1.57. The quantitative estimate of drug-likeness (QED) is 0.577. The maximum Gasteiger partial charge on any atom is 0.347 e. The summed E-state index contributed by atoms with van der Waals surface area (Å²) in [5.41, 5.74) is 0. The van der Waals surface area contributed by atoms with Crippen LogP contribution in [0.4, 0.5) is 0 Å². The van der Waals surface area contributed by atoms with E-state index in [2.05, 4.69) is 0 Å². The number of alkyl halides is 2. The summed E-state index contributed by atoms with van der Waals surface area (Å²) in [4.78, 5) is 19.3. The van der Waals surface area contributed by atoms with Crippen LogP contribution in [0.15, 0.2) is 11.1 Å². The summed E-state index contributed by atoms with van der Waals surface area (Å²) >= 11 is 15.3. The number of aliphatic carboxylic acids is 1. The van der Waals surface area contributed by atoms with Crippen molar-refractivity contribution in [3.8, 4) is 0 Å². The first kappa shape index (κ1) is 10.8. The molecule has 0 fully saturated rings. The van der Waals surface area contributed by atoms with Gasteiger partial charge in [0.05, 0.1) is 0 Å². The molecule has 6 heteroatoms. The van der Waals surface area contributed by atoms with Crippen LogP contribution < -0.4 is 0 Å². The van der Waals surface area contributed by atoms with E-state index < -0.39 is 21.6 Å². The highest BCUT2D eigenvalue weighted by Gasteiger charge is 2.12. The Labute approximate surface area is 77.5 Å². The Kier molecular flexibility index (Phi) is 4.49. The van der Waals surface area contributed by atoms with E-state index >= 15 is 0 Å². The normalized spacial score (nSPS) is 11.8. The smallest absolute Gasteiger partial charge is 0.347 e. The largest absolute Gasteiger partial charge is 0.477 e. The number of carboxylic acid groups (broad SMARTS) is 1. The van der Waals surface area contributed by atoms with Crippen LogP contribution in [0.3, 0.4) is 0 Å². The monoisotopic (exact) mass is 216 g/mol. The average Bonchev–Trinajstić information content (AvgIpc) is 1.87. The first-order chi connectivity index (χ1) is 4.95. The molecule has 0 aliphatic carbocycles. The van der Waals surface area contributed by atoms with E-state index in [4.69, 9.17) is 39.9 Å². The van der Waals surface area contributed by atoms with Crippen LogP contribution in [0.2, 0.25) is 0 Å². The highest BCUT2D eigenvalue weighted by molar-refractivity contribution is 6.55. The molecule has 0 radical (unpaired) electrons. The van der Waals surface area contributed by atoms with Crippen LogP contribution in [0, 0.1) is 0 Å². The van der Waals surface area contributed by atoms with Crippen molar-refractivity contribution < 1.29 is 14.7 Å². The van der Waals surface area contributed by atoms with Gasteiger partial charge in [-0.1, -0.05) is 34.8 Å². The second-order valence-electron chi connectivity index (χ2n) is 1.50. The Morgan fingerprint density at radius 3 is 2.09 bits per heavy atom. The fraction of sp³-hybridized carbons (Fsp3) is 0.200. The number of allylic oxidation sites excluding steroid dienone is 1. The highest BCUT2D eigenvalue weighted by atomic mass is 35.5. The summed E-state index contributed by atoms with van der Waals surface area (Å²) in [7, 11) is 0. The van der Waals surface area contributed by atoms with Gasteiger partial charge in [-0.3, -0.25) is 4.79 Å². The molecule has 11 heavy (non-hydrogen) atoms. The molecule has 0 aromatic heterocycles. The fourth-order valence-electron chi connectivity index (χ4n) is 0.250. The molecule has 62 valence electrons. The maximum absolute atomic E-state index is 10.6. The van der Waals surface area contributed by atoms with Crippen LogP contribution >= 0.6 is 34.8 Å². The minimum absolute atomic E-state index is 0.610. The molecular weight excluding hydrogens is 214 g/mol. The summed E-state index contributed by atoms with van der Waals surface area (Å²) < 4.78 is 0. The van der Waals surface area contributed by atoms with Crippen molar-refractivity contribution in [2.45, 2.75) is 4.84 Å². The Morgan fingerprint density at radius 1 is 1.36 bits per heavy atom. The standard InChI is InChI=1S/C5H3Cl3O3/c6-2(5(10)11)1-3(9)4(7)8/h1,4H,(H,10,11)/b2-1+. The number of ketones is 1. The lowest BCUT2D eigenvalue weighted by atomic mass is 10.4. The van der Waals surface area contributed by atoms with Gasteiger partial charge in [0.2, 0.25) is 0 Å². The van der Waals surface area contributed by atoms with E-state index in [0.717, 1.165) is 0 Å². The van der Waals surface area contributed by atoms with Crippen molar-refractivity contribution >= 4 is 46.6 Å². The zero-order chi connectivity index (χ0) is 9.02. The van der Waals surface area contributed by atoms with Crippen LogP contribution in [-0.2, 0) is 9.59 Å². The average molecular weight is 217 g/mol. The molecule has 0 saturated carbocycles. The summed E-state index contributed by atoms with van der Waals surface area (Å²) in [5, 5.41) is 7.56. The lowest BCUT2D eigenvalue weighted by molar-refractivity contribution is -0.132. The summed E-state index contributed by atoms with van der Waals surface area (Å²) in [6.45, 7) is 0. The number of carbonyl (C=O) groups is 2. The molecule has 0 aromatic rings. The summed E-state index contributed by atoms with van der Waals surface area (Å²) in [6, 6.07) is 0. The Bertz CT molecular complexity index is 209. The molecule has 3 nitrogen and oxygen atoms in total. The van der Waals surface area contributed by atoms with Crippen molar-refractivity contribution in [1.82, 2.24) is 0 Å². The third-order valence-electron chi connectivity index (χ3n) is 0.688. The number of hydrogen-bond acceptors (Lipinski definition) is 2. The van der Waals surface area contributed by atoms with Crippen LogP contribution in [0.5, 0.6) is 0 Å². The van der Waals surface area contributed by atoms with Gasteiger partial charge in [-0.2, -0.15) is 0 Å². The zero-order valence-corrected chi connectivity index (χ0v) is 7.32. The Morgan fingerprint density at radius 2 is 1.82 bits per heavy atom. The number of carboxylic acids is 1. The lowest BCUT2D eigenvalue weighted by Crippen LogP contribution is -2.06. The molecule has 0 atom stereocenters. The number of rotatable bonds is 3. The van der Waals surface area contributed by atoms with Gasteiger partial charge in [-0.25, -0.2) is 4.79 Å². The fourth-order valence-corrected chi connectivity index (χ4v) is 0.483. The van der Waals surface area contributed by atoms with E-state index in [9.17, 15) is 9.59 Å². The highest BCUT2D eigenvalue weighted by Crippen LogP contribution is 2.08. The van der Waals surface area contributed by atoms with Crippen molar-refractivity contribution in [2.24, 2.45) is 0 Å². The molecule has 0 bridgehead atoms. The Hall–Kier alpha value is -0.250. The topological polar surface area (TPSA) is 54.4 Å². The molecule has 0 aliphatic rings. The molecule has 1 N–H and O–H groups in total. The van der Waals surface area contributed by atoms with Crippen molar-refractivity contribution in [3.63, 3.8) is 0 Å². The van der Waals surface area contributed by atoms with E-state index in [1.807, 2.05) is 0 Å². The molecule has 0 aromatic carbocycles. The van der Waals surface area contributed by atoms with Gasteiger partial charge in [-0.15, -0.1) is 0 Å². The number of hydrogen-bond donors (Lipinski definition) is 1. The minimum Gasteiger partial charge on any atom is -0.477 e. The van der Waals surface area contributed by atoms with Gasteiger partial charge in [0, 0.05) is 6.08 Å². The first-order valence-electron chi connectivity index (χ1n) is 2.37. The molecule has 0 aliphatic heterocycles. The molecule has 0 rings (SSSR count). The van der Waals surface area contributed by atoms with Crippen molar-refractivity contribution in [3.05, 3.63) is 11.1 Å². The molecule has 0 amide bonds. The van der Waals surface area contributed by atoms with Gasteiger partial charge < -0.3 is 5.11 Å². The number of carbonyl (C=O) groups excluding carboxylic acids is 1. The molecule has 0 spiro atoms. The second kappa shape index (κ2) is 4.59. The minimum atomic E-state index is -1.39. The van der Waals surface area contributed by atoms with Gasteiger partial charge in [0.1, 0.15) is 5.03 Å². The maximum atomic E-state index is 10.6. The molecule has 0 saturated heterocycles. The van der Waals surface area contributed by atoms with Crippen LogP contribution in [0.25, 0.3) is 0 Å². The third kappa shape index (κ3) is 4.24. The van der Waals surface area contributed by atoms with Gasteiger partial charge >= 0.3 is 5.97 Å². The summed E-state index contributed by atoms with van der Waals surface area (Å²) in [5.74, 6) is -2.14. The SMILES string of the molecule is O=C(O)/C(Cl)=C\C(=O)C(Cl)Cl. The molecular formula is C5H3Cl3O3. The van der Waals surface area contributed by atoms with E-state index in [-0.39, 0.29) is 0 Å². The first-order valence-corrected chi connectivity index (χ1v) is 3.62. The van der Waals surface area contributed by atoms with Crippen LogP contribution in [-0.4, -0.2) is 21.7 Å². The van der Waals surface area contributed by atoms with E-state index in [1.165, 1.54) is 0 Å². The third-order valence-corrected chi connectivity index (χ3v) is 1.39. The molecule has 0 unspecified atom stereocenters. The summed E-state index contributed by atoms with van der Waals surface area (Å²) in [6.07, 6.45) is 0.661. The second-order valence-corrected chi connectivity index (χ2v) is 3.00.